The number of thiazole rings is 1. The van der Waals surface area contributed by atoms with E-state index in [1.165, 1.54) is 16.7 Å². The van der Waals surface area contributed by atoms with Crippen LogP contribution in [0.25, 0.3) is 0 Å². The Kier molecular flexibility index (Phi) is 4.24. The van der Waals surface area contributed by atoms with E-state index < -0.39 is 5.91 Å². The molecule has 2 heterocycles. The summed E-state index contributed by atoms with van der Waals surface area (Å²) in [6.07, 6.45) is 1.57. The van der Waals surface area contributed by atoms with Gasteiger partial charge in [-0.1, -0.05) is 34.5 Å². The van der Waals surface area contributed by atoms with Gasteiger partial charge in [0.15, 0.2) is 10.2 Å². The van der Waals surface area contributed by atoms with E-state index in [1.807, 2.05) is 6.92 Å². The van der Waals surface area contributed by atoms with Gasteiger partial charge in [-0.2, -0.15) is 0 Å². The lowest BCUT2D eigenvalue weighted by molar-refractivity contribution is 0.102. The Morgan fingerprint density at radius 2 is 2.21 bits per heavy atom. The summed E-state index contributed by atoms with van der Waals surface area (Å²) in [4.78, 5) is 27.1. The van der Waals surface area contributed by atoms with Crippen molar-refractivity contribution in [1.29, 1.82) is 0 Å². The molecular weight excluding hydrogens is 309 g/mol. The molecule has 0 fully saturated rings. The first-order chi connectivity index (χ1) is 9.01. The van der Waals surface area contributed by atoms with Crippen molar-refractivity contribution in [2.24, 2.45) is 0 Å². The first-order valence-electron chi connectivity index (χ1n) is 5.35. The molecule has 0 aliphatic carbocycles. The first-order valence-corrected chi connectivity index (χ1v) is 6.92. The SMILES string of the molecule is CCn1cc(NC(=O)c2nc(Cl)c(Cl)s2)ccc1=O. The summed E-state index contributed by atoms with van der Waals surface area (Å²) < 4.78 is 1.75. The molecule has 0 unspecified atom stereocenters. The Labute approximate surface area is 122 Å². The summed E-state index contributed by atoms with van der Waals surface area (Å²) in [7, 11) is 0. The highest BCUT2D eigenvalue weighted by molar-refractivity contribution is 7.18. The summed E-state index contributed by atoms with van der Waals surface area (Å²) in [5.74, 6) is -0.417. The fourth-order valence-corrected chi connectivity index (χ4v) is 2.51. The van der Waals surface area contributed by atoms with Crippen LogP contribution < -0.4 is 10.9 Å². The molecule has 0 saturated carbocycles. The van der Waals surface area contributed by atoms with Crippen molar-refractivity contribution in [3.63, 3.8) is 0 Å². The van der Waals surface area contributed by atoms with Gasteiger partial charge in [-0.15, -0.1) is 0 Å². The minimum Gasteiger partial charge on any atom is -0.319 e. The van der Waals surface area contributed by atoms with Crippen LogP contribution in [-0.4, -0.2) is 15.5 Å². The third-order valence-corrected chi connectivity index (χ3v) is 4.06. The van der Waals surface area contributed by atoms with Crippen LogP contribution in [0.3, 0.4) is 0 Å². The summed E-state index contributed by atoms with van der Waals surface area (Å²) in [6, 6.07) is 2.92. The van der Waals surface area contributed by atoms with Crippen molar-refractivity contribution in [3.8, 4) is 0 Å². The maximum atomic E-state index is 11.9. The number of nitrogens with zero attached hydrogens (tertiary/aromatic N) is 2. The molecule has 19 heavy (non-hydrogen) atoms. The summed E-state index contributed by atoms with van der Waals surface area (Å²) in [5.41, 5.74) is 0.384. The molecule has 0 bridgehead atoms. The van der Waals surface area contributed by atoms with Crippen LogP contribution >= 0.6 is 34.5 Å². The molecule has 2 aromatic heterocycles. The smallest absolute Gasteiger partial charge is 0.284 e. The second-order valence-electron chi connectivity index (χ2n) is 3.58. The highest BCUT2D eigenvalue weighted by Gasteiger charge is 2.14. The fourth-order valence-electron chi connectivity index (χ4n) is 1.42. The van der Waals surface area contributed by atoms with Crippen LogP contribution in [-0.2, 0) is 6.54 Å². The van der Waals surface area contributed by atoms with Gasteiger partial charge in [-0.3, -0.25) is 9.59 Å². The Bertz CT molecular complexity index is 661. The molecule has 1 N–H and O–H groups in total. The van der Waals surface area contributed by atoms with Crippen molar-refractivity contribution >= 4 is 46.1 Å². The number of anilines is 1. The zero-order chi connectivity index (χ0) is 14.0. The van der Waals surface area contributed by atoms with Crippen LogP contribution in [0.2, 0.25) is 9.49 Å². The predicted octanol–water partition coefficient (Wildman–Crippen LogP) is 2.88. The number of pyridine rings is 1. The lowest BCUT2D eigenvalue weighted by atomic mass is 10.4. The molecule has 0 saturated heterocycles. The third-order valence-electron chi connectivity index (χ3n) is 2.32. The number of aryl methyl sites for hydroxylation is 1. The third kappa shape index (κ3) is 3.15. The number of rotatable bonds is 3. The van der Waals surface area contributed by atoms with E-state index in [9.17, 15) is 9.59 Å². The number of carbonyl (C=O) groups is 1. The zero-order valence-electron chi connectivity index (χ0n) is 9.81. The number of aromatic nitrogens is 2. The maximum Gasteiger partial charge on any atom is 0.284 e. The number of nitrogens with one attached hydrogen (secondary N) is 1. The predicted molar refractivity (Wildman–Crippen MR) is 76.5 cm³/mol. The second kappa shape index (κ2) is 5.73. The number of halogens is 2. The Morgan fingerprint density at radius 3 is 2.79 bits per heavy atom. The molecule has 5 nitrogen and oxygen atoms in total. The summed E-state index contributed by atoms with van der Waals surface area (Å²) in [5, 5.41) is 2.91. The Morgan fingerprint density at radius 1 is 1.47 bits per heavy atom. The molecule has 0 aromatic carbocycles. The molecule has 0 atom stereocenters. The fraction of sp³-hybridized carbons (Fsp3) is 0.182. The van der Waals surface area contributed by atoms with Crippen molar-refractivity contribution in [2.75, 3.05) is 5.32 Å². The number of hydrogen-bond donors (Lipinski definition) is 1. The summed E-state index contributed by atoms with van der Waals surface area (Å²) in [6.45, 7) is 2.37. The van der Waals surface area contributed by atoms with Crippen molar-refractivity contribution in [1.82, 2.24) is 9.55 Å². The van der Waals surface area contributed by atoms with Gasteiger partial charge < -0.3 is 9.88 Å². The molecular formula is C11H9Cl2N3O2S. The molecule has 0 spiro atoms. The van der Waals surface area contributed by atoms with E-state index in [2.05, 4.69) is 10.3 Å². The standard InChI is InChI=1S/C11H9Cl2N3O2S/c1-2-16-5-6(3-4-7(16)17)14-10(18)11-15-8(12)9(13)19-11/h3-5H,2H2,1H3,(H,14,18). The molecule has 1 amide bonds. The highest BCUT2D eigenvalue weighted by atomic mass is 35.5. The van der Waals surface area contributed by atoms with Crippen molar-refractivity contribution in [2.45, 2.75) is 13.5 Å². The molecule has 100 valence electrons. The van der Waals surface area contributed by atoms with E-state index in [0.717, 1.165) is 11.3 Å². The Hall–Kier alpha value is -1.37. The molecule has 8 heteroatoms. The molecule has 2 aromatic rings. The van der Waals surface area contributed by atoms with Gasteiger partial charge in [0.2, 0.25) is 0 Å². The van der Waals surface area contributed by atoms with E-state index in [4.69, 9.17) is 23.2 Å². The van der Waals surface area contributed by atoms with E-state index >= 15 is 0 Å². The minimum atomic E-state index is -0.417. The average Bonchev–Trinajstić information content (AvgIpc) is 2.72. The lowest BCUT2D eigenvalue weighted by Gasteiger charge is -2.06. The van der Waals surface area contributed by atoms with Gasteiger partial charge in [-0.25, -0.2) is 4.98 Å². The first kappa shape index (κ1) is 14.0. The zero-order valence-corrected chi connectivity index (χ0v) is 12.1. The van der Waals surface area contributed by atoms with Crippen molar-refractivity contribution < 1.29 is 4.79 Å². The number of carbonyl (C=O) groups excluding carboxylic acids is 1. The monoisotopic (exact) mass is 317 g/mol. The van der Waals surface area contributed by atoms with E-state index in [1.54, 1.807) is 6.20 Å². The van der Waals surface area contributed by atoms with Crippen LogP contribution in [0.4, 0.5) is 5.69 Å². The normalized spacial score (nSPS) is 10.5. The van der Waals surface area contributed by atoms with Crippen molar-refractivity contribution in [3.05, 3.63) is 43.2 Å². The van der Waals surface area contributed by atoms with Crippen LogP contribution in [0, 0.1) is 0 Å². The van der Waals surface area contributed by atoms with Gasteiger partial charge in [0, 0.05) is 18.8 Å². The van der Waals surface area contributed by atoms with Crippen LogP contribution in [0.1, 0.15) is 16.7 Å². The van der Waals surface area contributed by atoms with E-state index in [0.29, 0.717) is 12.2 Å². The van der Waals surface area contributed by atoms with Gasteiger partial charge in [0.05, 0.1) is 5.69 Å². The van der Waals surface area contributed by atoms with Gasteiger partial charge in [0.25, 0.3) is 11.5 Å². The van der Waals surface area contributed by atoms with Gasteiger partial charge in [-0.05, 0) is 13.0 Å². The lowest BCUT2D eigenvalue weighted by Crippen LogP contribution is -2.19. The van der Waals surface area contributed by atoms with Crippen LogP contribution in [0.15, 0.2) is 23.1 Å². The summed E-state index contributed by atoms with van der Waals surface area (Å²) >= 11 is 12.4. The molecule has 2 rings (SSSR count). The maximum absolute atomic E-state index is 11.9. The van der Waals surface area contributed by atoms with Gasteiger partial charge >= 0.3 is 0 Å². The van der Waals surface area contributed by atoms with Crippen LogP contribution in [0.5, 0.6) is 0 Å². The largest absolute Gasteiger partial charge is 0.319 e. The van der Waals surface area contributed by atoms with Gasteiger partial charge in [0.1, 0.15) is 4.34 Å². The molecule has 0 radical (unpaired) electrons. The van der Waals surface area contributed by atoms with E-state index in [-0.39, 0.29) is 20.1 Å². The molecule has 0 aliphatic heterocycles. The quantitative estimate of drug-likeness (QED) is 0.946. The average molecular weight is 318 g/mol. The highest BCUT2D eigenvalue weighted by Crippen LogP contribution is 2.28. The second-order valence-corrected chi connectivity index (χ2v) is 5.54. The molecule has 0 aliphatic rings. The Balaban J connectivity index is 2.21. The number of amides is 1. The topological polar surface area (TPSA) is 64.0 Å². The minimum absolute atomic E-state index is 0.107. The number of hydrogen-bond acceptors (Lipinski definition) is 4.